The molecule has 0 unspecified atom stereocenters. The largest absolute Gasteiger partial charge is 0.372 e. The van der Waals surface area contributed by atoms with Gasteiger partial charge in [0, 0.05) is 31.2 Å². The molecule has 2 aromatic rings. The maximum absolute atomic E-state index is 4.10. The van der Waals surface area contributed by atoms with Crippen molar-refractivity contribution < 1.29 is 0 Å². The standard InChI is InChI=1S/C33H52N2/c1-3-5-7-9-11-13-15-17-29-35(30-18-16-14-12-10-8-6-4-2)33-23-21-31(22-24-33)19-20-32-25-27-34-28-26-32/h19-28H,3-18,29-30H2,1-2H3. The SMILES string of the molecule is CCCCCCCCCCN(CCCCCCCCCC)c1ccc(C=Cc2ccncc2)cc1. The maximum Gasteiger partial charge on any atom is 0.0366 e. The second-order valence-electron chi connectivity index (χ2n) is 10.1. The lowest BCUT2D eigenvalue weighted by molar-refractivity contribution is 0.555. The maximum atomic E-state index is 4.10. The molecule has 0 N–H and O–H groups in total. The smallest absolute Gasteiger partial charge is 0.0366 e. The van der Waals surface area contributed by atoms with Gasteiger partial charge in [-0.15, -0.1) is 0 Å². The number of aromatic nitrogens is 1. The number of unbranched alkanes of at least 4 members (excludes halogenated alkanes) is 14. The minimum absolute atomic E-state index is 1.19. The lowest BCUT2D eigenvalue weighted by atomic mass is 10.1. The first-order valence-corrected chi connectivity index (χ1v) is 14.8. The monoisotopic (exact) mass is 476 g/mol. The van der Waals surface area contributed by atoms with Crippen LogP contribution in [0.1, 0.15) is 128 Å². The first kappa shape index (κ1) is 29.1. The summed E-state index contributed by atoms with van der Waals surface area (Å²) < 4.78 is 0. The Morgan fingerprint density at radius 1 is 0.514 bits per heavy atom. The molecule has 0 saturated carbocycles. The second kappa shape index (κ2) is 20.1. The highest BCUT2D eigenvalue weighted by atomic mass is 15.1. The van der Waals surface area contributed by atoms with Crippen LogP contribution in [0.25, 0.3) is 12.2 Å². The van der Waals surface area contributed by atoms with E-state index >= 15 is 0 Å². The Morgan fingerprint density at radius 2 is 0.914 bits per heavy atom. The predicted molar refractivity (Wildman–Crippen MR) is 157 cm³/mol. The van der Waals surface area contributed by atoms with Gasteiger partial charge in [0.25, 0.3) is 0 Å². The number of nitrogens with zero attached hydrogens (tertiary/aromatic N) is 2. The number of benzene rings is 1. The predicted octanol–water partition coefficient (Wildman–Crippen LogP) is 10.3. The average molecular weight is 477 g/mol. The minimum Gasteiger partial charge on any atom is -0.372 e. The van der Waals surface area contributed by atoms with Crippen molar-refractivity contribution in [1.29, 1.82) is 0 Å². The van der Waals surface area contributed by atoms with Crippen LogP contribution in [-0.4, -0.2) is 18.1 Å². The van der Waals surface area contributed by atoms with Gasteiger partial charge in [-0.25, -0.2) is 0 Å². The third kappa shape index (κ3) is 14.2. The van der Waals surface area contributed by atoms with Gasteiger partial charge in [0.15, 0.2) is 0 Å². The van der Waals surface area contributed by atoms with Gasteiger partial charge in [0.1, 0.15) is 0 Å². The van der Waals surface area contributed by atoms with Gasteiger partial charge in [-0.3, -0.25) is 4.98 Å². The normalized spacial score (nSPS) is 11.4. The first-order chi connectivity index (χ1) is 17.3. The molecule has 194 valence electrons. The van der Waals surface area contributed by atoms with Gasteiger partial charge in [0.2, 0.25) is 0 Å². The molecule has 0 aliphatic rings. The van der Waals surface area contributed by atoms with Crippen molar-refractivity contribution in [1.82, 2.24) is 4.98 Å². The van der Waals surface area contributed by atoms with E-state index < -0.39 is 0 Å². The van der Waals surface area contributed by atoms with Gasteiger partial charge in [-0.05, 0) is 48.2 Å². The summed E-state index contributed by atoms with van der Waals surface area (Å²) >= 11 is 0. The average Bonchev–Trinajstić information content (AvgIpc) is 2.90. The zero-order valence-electron chi connectivity index (χ0n) is 22.9. The molecule has 2 heteroatoms. The van der Waals surface area contributed by atoms with E-state index in [9.17, 15) is 0 Å². The summed E-state index contributed by atoms with van der Waals surface area (Å²) in [6.45, 7) is 6.98. The van der Waals surface area contributed by atoms with E-state index in [2.05, 4.69) is 60.1 Å². The Morgan fingerprint density at radius 3 is 1.37 bits per heavy atom. The summed E-state index contributed by atoms with van der Waals surface area (Å²) in [4.78, 5) is 6.74. The molecule has 0 aliphatic heterocycles. The van der Waals surface area contributed by atoms with Crippen molar-refractivity contribution in [2.24, 2.45) is 0 Å². The molecule has 1 aromatic heterocycles. The van der Waals surface area contributed by atoms with E-state index in [-0.39, 0.29) is 0 Å². The number of rotatable bonds is 21. The zero-order chi connectivity index (χ0) is 24.8. The number of anilines is 1. The molecule has 0 fully saturated rings. The number of hydrogen-bond donors (Lipinski definition) is 0. The van der Waals surface area contributed by atoms with E-state index in [1.807, 2.05) is 24.5 Å². The molecule has 2 nitrogen and oxygen atoms in total. The molecule has 1 aromatic carbocycles. The Bertz CT molecular complexity index is 730. The molecular formula is C33H52N2. The van der Waals surface area contributed by atoms with Crippen LogP contribution in [0.2, 0.25) is 0 Å². The van der Waals surface area contributed by atoms with Crippen molar-refractivity contribution in [3.63, 3.8) is 0 Å². The highest BCUT2D eigenvalue weighted by Gasteiger charge is 2.06. The highest BCUT2D eigenvalue weighted by Crippen LogP contribution is 2.20. The molecule has 0 saturated heterocycles. The van der Waals surface area contributed by atoms with Gasteiger partial charge in [-0.1, -0.05) is 128 Å². The molecule has 0 aliphatic carbocycles. The summed E-state index contributed by atoms with van der Waals surface area (Å²) in [6.07, 6.45) is 30.2. The number of hydrogen-bond acceptors (Lipinski definition) is 2. The molecule has 1 heterocycles. The van der Waals surface area contributed by atoms with Crippen LogP contribution in [0.3, 0.4) is 0 Å². The molecular weight excluding hydrogens is 424 g/mol. The summed E-state index contributed by atoms with van der Waals surface area (Å²) in [5.41, 5.74) is 3.83. The number of pyridine rings is 1. The van der Waals surface area contributed by atoms with Crippen molar-refractivity contribution in [2.75, 3.05) is 18.0 Å². The fraction of sp³-hybridized carbons (Fsp3) is 0.606. The third-order valence-corrected chi connectivity index (χ3v) is 7.00. The topological polar surface area (TPSA) is 16.1 Å². The Labute approximate surface area is 217 Å². The summed E-state index contributed by atoms with van der Waals surface area (Å²) in [5.74, 6) is 0. The van der Waals surface area contributed by atoms with Gasteiger partial charge in [-0.2, -0.15) is 0 Å². The summed E-state index contributed by atoms with van der Waals surface area (Å²) in [7, 11) is 0. The van der Waals surface area contributed by atoms with Crippen LogP contribution in [0.4, 0.5) is 5.69 Å². The van der Waals surface area contributed by atoms with Gasteiger partial charge in [0.05, 0.1) is 0 Å². The van der Waals surface area contributed by atoms with Crippen LogP contribution < -0.4 is 4.90 Å². The molecule has 2 rings (SSSR count). The molecule has 0 radical (unpaired) electrons. The minimum atomic E-state index is 1.19. The Kier molecular flexibility index (Phi) is 16.8. The van der Waals surface area contributed by atoms with Crippen LogP contribution in [0.5, 0.6) is 0 Å². The van der Waals surface area contributed by atoms with Crippen molar-refractivity contribution in [3.05, 3.63) is 59.9 Å². The van der Waals surface area contributed by atoms with E-state index in [0.29, 0.717) is 0 Å². The zero-order valence-corrected chi connectivity index (χ0v) is 22.9. The molecule has 35 heavy (non-hydrogen) atoms. The quantitative estimate of drug-likeness (QED) is 0.167. The Balaban J connectivity index is 1.80. The van der Waals surface area contributed by atoms with Crippen molar-refractivity contribution in [3.8, 4) is 0 Å². The van der Waals surface area contributed by atoms with Crippen LogP contribution in [0, 0.1) is 0 Å². The Hall–Kier alpha value is -2.09. The summed E-state index contributed by atoms with van der Waals surface area (Å²) in [5, 5.41) is 0. The van der Waals surface area contributed by atoms with E-state index in [1.165, 1.54) is 133 Å². The van der Waals surface area contributed by atoms with E-state index in [0.717, 1.165) is 0 Å². The molecule has 0 spiro atoms. The van der Waals surface area contributed by atoms with Gasteiger partial charge >= 0.3 is 0 Å². The second-order valence-corrected chi connectivity index (χ2v) is 10.1. The third-order valence-electron chi connectivity index (χ3n) is 7.00. The van der Waals surface area contributed by atoms with Crippen molar-refractivity contribution >= 4 is 17.8 Å². The van der Waals surface area contributed by atoms with Crippen LogP contribution in [-0.2, 0) is 0 Å². The lowest BCUT2D eigenvalue weighted by Gasteiger charge is -2.25. The van der Waals surface area contributed by atoms with Crippen molar-refractivity contribution in [2.45, 2.75) is 117 Å². The molecule has 0 amide bonds. The van der Waals surface area contributed by atoms with Gasteiger partial charge < -0.3 is 4.90 Å². The molecule has 0 bridgehead atoms. The summed E-state index contributed by atoms with van der Waals surface area (Å²) in [6, 6.07) is 13.3. The highest BCUT2D eigenvalue weighted by molar-refractivity contribution is 5.70. The van der Waals surface area contributed by atoms with Crippen LogP contribution in [0.15, 0.2) is 48.8 Å². The van der Waals surface area contributed by atoms with Crippen LogP contribution >= 0.6 is 0 Å². The molecule has 0 atom stereocenters. The fourth-order valence-corrected chi connectivity index (χ4v) is 4.71. The van der Waals surface area contributed by atoms with E-state index in [4.69, 9.17) is 0 Å². The van der Waals surface area contributed by atoms with E-state index in [1.54, 1.807) is 0 Å². The first-order valence-electron chi connectivity index (χ1n) is 14.8. The lowest BCUT2D eigenvalue weighted by Crippen LogP contribution is -2.25. The fourth-order valence-electron chi connectivity index (χ4n) is 4.71.